The van der Waals surface area contributed by atoms with E-state index in [0.717, 1.165) is 24.1 Å². The third kappa shape index (κ3) is 3.52. The highest BCUT2D eigenvalue weighted by molar-refractivity contribution is 7.17. The van der Waals surface area contributed by atoms with Crippen LogP contribution in [0.4, 0.5) is 0 Å². The second kappa shape index (κ2) is 6.41. The van der Waals surface area contributed by atoms with Gasteiger partial charge in [0.15, 0.2) is 0 Å². The maximum Gasteiger partial charge on any atom is 0.103 e. The van der Waals surface area contributed by atoms with Crippen LogP contribution >= 0.6 is 11.3 Å². The fraction of sp³-hybridized carbons (Fsp3) is 0.353. The molecule has 3 rings (SSSR count). The minimum absolute atomic E-state index is 0.301. The Morgan fingerprint density at radius 3 is 3.05 bits per heavy atom. The maximum atomic E-state index is 5.38. The first-order valence-electron chi connectivity index (χ1n) is 7.34. The lowest BCUT2D eigenvalue weighted by molar-refractivity contribution is 0.430. The third-order valence-corrected chi connectivity index (χ3v) is 4.62. The highest BCUT2D eigenvalue weighted by Gasteiger charge is 2.11. The molecule has 0 aliphatic rings. The molecule has 3 aromatic rings. The largest absolute Gasteiger partial charge is 0.469 e. The number of fused-ring (bicyclic) bond motifs is 1. The molecule has 21 heavy (non-hydrogen) atoms. The first kappa shape index (κ1) is 14.3. The van der Waals surface area contributed by atoms with E-state index in [9.17, 15) is 0 Å². The molecular formula is C17H20N2OS. The quantitative estimate of drug-likeness (QED) is 0.725. The molecule has 0 saturated carbocycles. The highest BCUT2D eigenvalue weighted by Crippen LogP contribution is 2.23. The summed E-state index contributed by atoms with van der Waals surface area (Å²) in [5, 5.41) is 5.73. The molecule has 2 unspecified atom stereocenters. The zero-order valence-electron chi connectivity index (χ0n) is 12.4. The predicted molar refractivity (Wildman–Crippen MR) is 87.7 cm³/mol. The van der Waals surface area contributed by atoms with Gasteiger partial charge < -0.3 is 9.73 Å². The van der Waals surface area contributed by atoms with Crippen molar-refractivity contribution in [3.8, 4) is 0 Å². The van der Waals surface area contributed by atoms with Crippen LogP contribution in [-0.2, 0) is 6.42 Å². The summed E-state index contributed by atoms with van der Waals surface area (Å²) in [6.45, 7) is 4.41. The second-order valence-corrected chi connectivity index (χ2v) is 6.43. The molecule has 1 N–H and O–H groups in total. The number of rotatable bonds is 6. The van der Waals surface area contributed by atoms with Crippen LogP contribution in [0.1, 0.15) is 37.6 Å². The van der Waals surface area contributed by atoms with E-state index in [1.165, 1.54) is 10.3 Å². The van der Waals surface area contributed by atoms with Crippen molar-refractivity contribution in [2.24, 2.45) is 0 Å². The average molecular weight is 300 g/mol. The predicted octanol–water partition coefficient (Wildman–Crippen LogP) is 4.56. The smallest absolute Gasteiger partial charge is 0.103 e. The molecule has 0 fully saturated rings. The van der Waals surface area contributed by atoms with E-state index in [1.54, 1.807) is 17.6 Å². The number of nitrogens with zero attached hydrogens (tertiary/aromatic N) is 1. The van der Waals surface area contributed by atoms with Crippen LogP contribution in [0.5, 0.6) is 0 Å². The van der Waals surface area contributed by atoms with E-state index in [4.69, 9.17) is 4.42 Å². The van der Waals surface area contributed by atoms with Gasteiger partial charge in [-0.2, -0.15) is 0 Å². The summed E-state index contributed by atoms with van der Waals surface area (Å²) in [4.78, 5) is 4.51. The molecule has 0 aromatic carbocycles. The summed E-state index contributed by atoms with van der Waals surface area (Å²) in [6.07, 6.45) is 5.74. The molecule has 0 radical (unpaired) electrons. The number of aryl methyl sites for hydroxylation is 1. The van der Waals surface area contributed by atoms with Crippen molar-refractivity contribution >= 4 is 21.6 Å². The average Bonchev–Trinajstić information content (AvgIpc) is 3.15. The van der Waals surface area contributed by atoms with E-state index in [-0.39, 0.29) is 0 Å². The molecule has 0 aliphatic heterocycles. The van der Waals surface area contributed by atoms with E-state index < -0.39 is 0 Å². The van der Waals surface area contributed by atoms with E-state index >= 15 is 0 Å². The van der Waals surface area contributed by atoms with Gasteiger partial charge in [-0.15, -0.1) is 11.3 Å². The number of hydrogen-bond donors (Lipinski definition) is 1. The van der Waals surface area contributed by atoms with Crippen molar-refractivity contribution < 1.29 is 4.42 Å². The summed E-state index contributed by atoms with van der Waals surface area (Å²) >= 11 is 1.74. The Kier molecular flexibility index (Phi) is 4.36. The lowest BCUT2D eigenvalue weighted by Crippen LogP contribution is -2.29. The molecule has 3 heterocycles. The molecular weight excluding hydrogens is 280 g/mol. The van der Waals surface area contributed by atoms with Gasteiger partial charge in [-0.25, -0.2) is 0 Å². The van der Waals surface area contributed by atoms with Crippen LogP contribution in [0, 0.1) is 0 Å². The van der Waals surface area contributed by atoms with Gasteiger partial charge in [0.1, 0.15) is 5.76 Å². The summed E-state index contributed by atoms with van der Waals surface area (Å²) in [7, 11) is 0. The normalized spacial score (nSPS) is 14.4. The Hall–Kier alpha value is -1.65. The van der Waals surface area contributed by atoms with Gasteiger partial charge in [-0.3, -0.25) is 4.98 Å². The summed E-state index contributed by atoms with van der Waals surface area (Å²) in [5.41, 5.74) is 2.33. The maximum absolute atomic E-state index is 5.38. The van der Waals surface area contributed by atoms with Crippen molar-refractivity contribution in [3.05, 3.63) is 53.4 Å². The fourth-order valence-electron chi connectivity index (χ4n) is 2.52. The van der Waals surface area contributed by atoms with Crippen molar-refractivity contribution in [3.63, 3.8) is 0 Å². The Morgan fingerprint density at radius 1 is 1.33 bits per heavy atom. The monoisotopic (exact) mass is 300 g/mol. The van der Waals surface area contributed by atoms with Crippen LogP contribution < -0.4 is 5.32 Å². The summed E-state index contributed by atoms with van der Waals surface area (Å²) in [6, 6.07) is 9.01. The van der Waals surface area contributed by atoms with Gasteiger partial charge in [0.05, 0.1) is 16.5 Å². The zero-order valence-corrected chi connectivity index (χ0v) is 13.2. The van der Waals surface area contributed by atoms with E-state index in [0.29, 0.717) is 12.1 Å². The number of aromatic nitrogens is 1. The molecule has 0 bridgehead atoms. The summed E-state index contributed by atoms with van der Waals surface area (Å²) < 4.78 is 6.63. The number of hydrogen-bond acceptors (Lipinski definition) is 4. The topological polar surface area (TPSA) is 38.1 Å². The minimum Gasteiger partial charge on any atom is -0.469 e. The Bertz CT molecular complexity index is 690. The van der Waals surface area contributed by atoms with Crippen molar-refractivity contribution in [2.45, 2.75) is 38.8 Å². The number of nitrogens with one attached hydrogen (secondary N) is 1. The molecule has 0 spiro atoms. The molecule has 110 valence electrons. The Labute approximate surface area is 129 Å². The lowest BCUT2D eigenvalue weighted by Gasteiger charge is -2.20. The van der Waals surface area contributed by atoms with Crippen molar-refractivity contribution in [2.75, 3.05) is 0 Å². The molecule has 3 aromatic heterocycles. The summed E-state index contributed by atoms with van der Waals surface area (Å²) in [5.74, 6) is 1.05. The Morgan fingerprint density at radius 2 is 2.24 bits per heavy atom. The van der Waals surface area contributed by atoms with Crippen LogP contribution in [0.25, 0.3) is 10.2 Å². The van der Waals surface area contributed by atoms with Gasteiger partial charge in [0, 0.05) is 24.7 Å². The van der Waals surface area contributed by atoms with Gasteiger partial charge in [0.25, 0.3) is 0 Å². The molecule has 3 nitrogen and oxygen atoms in total. The molecule has 0 amide bonds. The van der Waals surface area contributed by atoms with Crippen molar-refractivity contribution in [1.29, 1.82) is 0 Å². The van der Waals surface area contributed by atoms with Gasteiger partial charge in [-0.1, -0.05) is 0 Å². The SMILES string of the molecule is CC(CCc1ccco1)NC(C)c1cnc2ccsc2c1. The van der Waals surface area contributed by atoms with Crippen LogP contribution in [0.3, 0.4) is 0 Å². The number of thiophene rings is 1. The standard InChI is InChI=1S/C17H20N2OS/c1-12(5-6-15-4-3-8-20-15)19-13(2)14-10-17-16(18-11-14)7-9-21-17/h3-4,7-13,19H,5-6H2,1-2H3. The van der Waals surface area contributed by atoms with E-state index in [1.807, 2.05) is 18.3 Å². The molecule has 0 aliphatic carbocycles. The first-order chi connectivity index (χ1) is 10.2. The second-order valence-electron chi connectivity index (χ2n) is 5.48. The fourth-order valence-corrected chi connectivity index (χ4v) is 3.31. The molecule has 4 heteroatoms. The highest BCUT2D eigenvalue weighted by atomic mass is 32.1. The zero-order chi connectivity index (χ0) is 14.7. The third-order valence-electron chi connectivity index (χ3n) is 3.76. The van der Waals surface area contributed by atoms with Crippen LogP contribution in [0.15, 0.2) is 46.5 Å². The Balaban J connectivity index is 1.58. The van der Waals surface area contributed by atoms with Crippen molar-refractivity contribution in [1.82, 2.24) is 10.3 Å². The van der Waals surface area contributed by atoms with Gasteiger partial charge in [-0.05, 0) is 55.5 Å². The molecule has 0 saturated heterocycles. The van der Waals surface area contributed by atoms with Crippen LogP contribution in [0.2, 0.25) is 0 Å². The lowest BCUT2D eigenvalue weighted by atomic mass is 10.1. The van der Waals surface area contributed by atoms with Gasteiger partial charge >= 0.3 is 0 Å². The van der Waals surface area contributed by atoms with Crippen LogP contribution in [-0.4, -0.2) is 11.0 Å². The number of furan rings is 1. The minimum atomic E-state index is 0.301. The number of pyridine rings is 1. The van der Waals surface area contributed by atoms with E-state index in [2.05, 4.69) is 41.7 Å². The first-order valence-corrected chi connectivity index (χ1v) is 8.22. The molecule has 2 atom stereocenters. The van der Waals surface area contributed by atoms with Gasteiger partial charge in [0.2, 0.25) is 0 Å².